The quantitative estimate of drug-likeness (QED) is 0.838. The van der Waals surface area contributed by atoms with Crippen molar-refractivity contribution >= 4 is 33.2 Å². The third kappa shape index (κ3) is 3.59. The number of amidine groups is 1. The van der Waals surface area contributed by atoms with Crippen LogP contribution in [0.2, 0.25) is 0 Å². The molecular weight excluding hydrogens is 334 g/mol. The lowest BCUT2D eigenvalue weighted by Crippen LogP contribution is -2.34. The van der Waals surface area contributed by atoms with Crippen LogP contribution in [0.3, 0.4) is 0 Å². The van der Waals surface area contributed by atoms with E-state index in [2.05, 4.69) is 14.6 Å². The second-order valence-corrected chi connectivity index (χ2v) is 7.34. The third-order valence-electron chi connectivity index (χ3n) is 4.09. The monoisotopic (exact) mass is 355 g/mol. The van der Waals surface area contributed by atoms with Gasteiger partial charge in [-0.05, 0) is 32.4 Å². The van der Waals surface area contributed by atoms with Gasteiger partial charge in [-0.15, -0.1) is 16.8 Å². The Morgan fingerprint density at radius 1 is 1.09 bits per heavy atom. The Hall–Kier alpha value is -1.37. The second-order valence-electron chi connectivity index (χ2n) is 5.80. The third-order valence-corrected chi connectivity index (χ3v) is 5.57. The Morgan fingerprint density at radius 2 is 1.78 bits per heavy atom. The molecule has 0 bridgehead atoms. The van der Waals surface area contributed by atoms with Crippen LogP contribution >= 0.6 is 12.4 Å². The number of rotatable bonds is 1. The fraction of sp³-hybridized carbons (Fsp3) is 0.438. The molecule has 0 aliphatic carbocycles. The maximum atomic E-state index is 12.5. The molecule has 2 aliphatic rings. The summed E-state index contributed by atoms with van der Waals surface area (Å²) in [6.45, 7) is 7.28. The van der Waals surface area contributed by atoms with Crippen molar-refractivity contribution < 1.29 is 8.42 Å². The summed E-state index contributed by atoms with van der Waals surface area (Å²) in [5, 5.41) is 3.32. The number of nitrogens with zero attached hydrogens (tertiary/aromatic N) is 2. The first-order chi connectivity index (χ1) is 10.5. The van der Waals surface area contributed by atoms with Gasteiger partial charge >= 0.3 is 0 Å². The number of benzene rings is 1. The summed E-state index contributed by atoms with van der Waals surface area (Å²) in [7, 11) is -3.61. The SMILES string of the molecule is CC1=C(c2ccc(C)cc2)S(=O)(=O)N=C1N1CCCNCC1.Cl. The molecule has 0 atom stereocenters. The normalized spacial score (nSPS) is 20.8. The predicted octanol–water partition coefficient (Wildman–Crippen LogP) is 2.19. The summed E-state index contributed by atoms with van der Waals surface area (Å²) in [6.07, 6.45) is 0.992. The van der Waals surface area contributed by atoms with Gasteiger partial charge in [0.2, 0.25) is 0 Å². The van der Waals surface area contributed by atoms with E-state index in [-0.39, 0.29) is 12.4 Å². The molecule has 1 saturated heterocycles. The van der Waals surface area contributed by atoms with Gasteiger partial charge in [0.15, 0.2) is 0 Å². The van der Waals surface area contributed by atoms with Crippen molar-refractivity contribution in [1.29, 1.82) is 0 Å². The van der Waals surface area contributed by atoms with Crippen LogP contribution in [0.25, 0.3) is 4.91 Å². The summed E-state index contributed by atoms with van der Waals surface area (Å²) in [5.41, 5.74) is 2.58. The Kier molecular flexibility index (Phi) is 5.49. The van der Waals surface area contributed by atoms with E-state index in [0.29, 0.717) is 10.7 Å². The van der Waals surface area contributed by atoms with Crippen molar-refractivity contribution in [2.75, 3.05) is 26.2 Å². The Labute approximate surface area is 143 Å². The Morgan fingerprint density at radius 3 is 2.48 bits per heavy atom. The minimum atomic E-state index is -3.61. The fourth-order valence-electron chi connectivity index (χ4n) is 2.95. The number of hydrogen-bond donors (Lipinski definition) is 1. The summed E-state index contributed by atoms with van der Waals surface area (Å²) in [4.78, 5) is 2.42. The average molecular weight is 356 g/mol. The van der Waals surface area contributed by atoms with Gasteiger partial charge in [0.25, 0.3) is 10.0 Å². The van der Waals surface area contributed by atoms with Crippen LogP contribution in [0.5, 0.6) is 0 Å². The number of hydrogen-bond acceptors (Lipinski definition) is 4. The average Bonchev–Trinajstić information content (AvgIpc) is 2.67. The standard InChI is InChI=1S/C16H21N3O2S.ClH/c1-12-4-6-14(7-5-12)15-13(2)16(18-22(15,20)21)19-10-3-8-17-9-11-19;/h4-7,17H,3,8-11H2,1-2H3;1H. The first-order valence-corrected chi connectivity index (χ1v) is 9.02. The van der Waals surface area contributed by atoms with Crippen molar-refractivity contribution in [3.8, 4) is 0 Å². The summed E-state index contributed by atoms with van der Waals surface area (Å²) >= 11 is 0. The van der Waals surface area contributed by atoms with Crippen LogP contribution in [-0.2, 0) is 10.0 Å². The van der Waals surface area contributed by atoms with Crippen LogP contribution in [0.1, 0.15) is 24.5 Å². The first-order valence-electron chi connectivity index (χ1n) is 7.58. The van der Waals surface area contributed by atoms with Crippen molar-refractivity contribution in [2.45, 2.75) is 20.3 Å². The van der Waals surface area contributed by atoms with Crippen molar-refractivity contribution in [3.63, 3.8) is 0 Å². The van der Waals surface area contributed by atoms with E-state index in [4.69, 9.17) is 0 Å². The molecule has 0 radical (unpaired) electrons. The summed E-state index contributed by atoms with van der Waals surface area (Å²) < 4.78 is 29.1. The molecule has 0 saturated carbocycles. The van der Waals surface area contributed by atoms with Crippen molar-refractivity contribution in [1.82, 2.24) is 10.2 Å². The summed E-state index contributed by atoms with van der Waals surface area (Å²) in [5.74, 6) is 0.610. The zero-order chi connectivity index (χ0) is 15.7. The Balaban J connectivity index is 0.00000192. The van der Waals surface area contributed by atoms with Crippen LogP contribution in [0.4, 0.5) is 0 Å². The van der Waals surface area contributed by atoms with E-state index in [1.54, 1.807) is 0 Å². The maximum Gasteiger partial charge on any atom is 0.285 e. The minimum absolute atomic E-state index is 0. The first kappa shape index (κ1) is 18.0. The van der Waals surface area contributed by atoms with Gasteiger partial charge in [-0.1, -0.05) is 29.8 Å². The van der Waals surface area contributed by atoms with Crippen molar-refractivity contribution in [2.24, 2.45) is 4.40 Å². The molecule has 1 aromatic rings. The molecule has 5 nitrogen and oxygen atoms in total. The molecule has 3 rings (SSSR count). The molecule has 1 fully saturated rings. The van der Waals surface area contributed by atoms with E-state index in [0.717, 1.165) is 49.3 Å². The number of nitrogens with one attached hydrogen (secondary N) is 1. The molecule has 0 aromatic heterocycles. The molecule has 2 heterocycles. The molecule has 7 heteroatoms. The van der Waals surface area contributed by atoms with Gasteiger partial charge in [-0.25, -0.2) is 0 Å². The van der Waals surface area contributed by atoms with Gasteiger partial charge in [0.05, 0.1) is 0 Å². The number of aryl methyl sites for hydroxylation is 1. The molecular formula is C16H22ClN3O2S. The highest BCUT2D eigenvalue weighted by Gasteiger charge is 2.33. The van der Waals surface area contributed by atoms with E-state index in [9.17, 15) is 8.42 Å². The topological polar surface area (TPSA) is 61.8 Å². The van der Waals surface area contributed by atoms with E-state index in [1.165, 1.54) is 0 Å². The molecule has 2 aliphatic heterocycles. The second kappa shape index (κ2) is 7.03. The fourth-order valence-corrected chi connectivity index (χ4v) is 4.43. The predicted molar refractivity (Wildman–Crippen MR) is 96.4 cm³/mol. The number of halogens is 1. The van der Waals surface area contributed by atoms with Crippen molar-refractivity contribution in [3.05, 3.63) is 41.0 Å². The van der Waals surface area contributed by atoms with Gasteiger partial charge in [0.1, 0.15) is 10.7 Å². The van der Waals surface area contributed by atoms with Gasteiger partial charge < -0.3 is 10.2 Å². The molecule has 0 unspecified atom stereocenters. The lowest BCUT2D eigenvalue weighted by atomic mass is 10.1. The lowest BCUT2D eigenvalue weighted by Gasteiger charge is -2.22. The van der Waals surface area contributed by atoms with Gasteiger partial charge in [-0.3, -0.25) is 0 Å². The highest BCUT2D eigenvalue weighted by atomic mass is 35.5. The molecule has 0 amide bonds. The zero-order valence-corrected chi connectivity index (χ0v) is 15.0. The van der Waals surface area contributed by atoms with Crippen LogP contribution < -0.4 is 5.32 Å². The zero-order valence-electron chi connectivity index (χ0n) is 13.4. The smallest absolute Gasteiger partial charge is 0.285 e. The van der Waals surface area contributed by atoms with Gasteiger partial charge in [0, 0.05) is 25.2 Å². The Bertz CT molecular complexity index is 731. The van der Waals surface area contributed by atoms with E-state index < -0.39 is 10.0 Å². The molecule has 1 aromatic carbocycles. The molecule has 1 N–H and O–H groups in total. The maximum absolute atomic E-state index is 12.5. The van der Waals surface area contributed by atoms with Crippen LogP contribution in [0, 0.1) is 6.92 Å². The molecule has 0 spiro atoms. The largest absolute Gasteiger partial charge is 0.354 e. The highest BCUT2D eigenvalue weighted by molar-refractivity contribution is 8.00. The summed E-state index contributed by atoms with van der Waals surface area (Å²) in [6, 6.07) is 7.57. The van der Waals surface area contributed by atoms with Crippen LogP contribution in [0.15, 0.2) is 34.2 Å². The van der Waals surface area contributed by atoms with E-state index in [1.807, 2.05) is 38.1 Å². The van der Waals surface area contributed by atoms with Crippen LogP contribution in [-0.4, -0.2) is 45.3 Å². The minimum Gasteiger partial charge on any atom is -0.354 e. The highest BCUT2D eigenvalue weighted by Crippen LogP contribution is 2.33. The van der Waals surface area contributed by atoms with Gasteiger partial charge in [-0.2, -0.15) is 8.42 Å². The molecule has 126 valence electrons. The van der Waals surface area contributed by atoms with E-state index >= 15 is 0 Å². The number of sulfonamides is 1. The molecule has 23 heavy (non-hydrogen) atoms. The lowest BCUT2D eigenvalue weighted by molar-refractivity contribution is 0.447.